The minimum Gasteiger partial charge on any atom is -0.453 e. The van der Waals surface area contributed by atoms with Gasteiger partial charge in [-0.3, -0.25) is 0 Å². The molecule has 0 amide bonds. The van der Waals surface area contributed by atoms with Gasteiger partial charge >= 0.3 is 11.9 Å². The zero-order chi connectivity index (χ0) is 40.6. The average molecular weight is 803 g/mol. The Morgan fingerprint density at radius 1 is 0.614 bits per heavy atom. The van der Waals surface area contributed by atoms with Gasteiger partial charge in [-0.1, -0.05) is 162 Å². The molecule has 0 aliphatic carbocycles. The maximum absolute atomic E-state index is 14.2. The third-order valence-corrected chi connectivity index (χ3v) is 16.4. The number of hydrogen-bond acceptors (Lipinski definition) is 8. The van der Waals surface area contributed by atoms with Crippen molar-refractivity contribution in [3.8, 4) is 0 Å². The molecule has 6 rings (SSSR count). The summed E-state index contributed by atoms with van der Waals surface area (Å²) in [7, 11) is -2.64. The second-order valence-electron chi connectivity index (χ2n) is 16.1. The summed E-state index contributed by atoms with van der Waals surface area (Å²) in [6, 6.07) is 48.2. The first-order valence-corrected chi connectivity index (χ1v) is 23.5. The van der Waals surface area contributed by atoms with Crippen molar-refractivity contribution in [3.05, 3.63) is 179 Å². The Balaban J connectivity index is 1.50. The van der Waals surface area contributed by atoms with Gasteiger partial charge in [-0.25, -0.2) is 9.59 Å². The maximum atomic E-state index is 14.2. The summed E-state index contributed by atoms with van der Waals surface area (Å²) < 4.78 is 34.7. The van der Waals surface area contributed by atoms with Crippen molar-refractivity contribution in [1.29, 1.82) is 0 Å². The Morgan fingerprint density at radius 2 is 1.00 bits per heavy atom. The summed E-state index contributed by atoms with van der Waals surface area (Å²) >= 11 is 1.54. The summed E-state index contributed by atoms with van der Waals surface area (Å²) in [5.41, 5.74) is 1.79. The van der Waals surface area contributed by atoms with E-state index in [1.165, 1.54) is 0 Å². The van der Waals surface area contributed by atoms with Crippen LogP contribution in [0.15, 0.2) is 152 Å². The van der Waals surface area contributed by atoms with E-state index in [0.29, 0.717) is 11.1 Å². The van der Waals surface area contributed by atoms with E-state index < -0.39 is 55.7 Å². The molecular weight excluding hydrogens is 749 g/mol. The fraction of sp³-hybridized carbons (Fsp3) is 0.333. The highest BCUT2D eigenvalue weighted by atomic mass is 32.2. The fourth-order valence-electron chi connectivity index (χ4n) is 6.82. The molecule has 298 valence electrons. The molecule has 1 aliphatic heterocycles. The highest BCUT2D eigenvalue weighted by Gasteiger charge is 2.55. The number of ether oxygens (including phenoxy) is 4. The van der Waals surface area contributed by atoms with Crippen molar-refractivity contribution in [2.75, 3.05) is 6.61 Å². The first-order chi connectivity index (χ1) is 27.3. The van der Waals surface area contributed by atoms with Crippen LogP contribution in [-0.4, -0.2) is 62.0 Å². The molecule has 0 bridgehead atoms. The lowest BCUT2D eigenvalue weighted by molar-refractivity contribution is -0.213. The largest absolute Gasteiger partial charge is 0.453 e. The number of carbonyl (C=O) groups excluding carboxylic acids is 2. The molecule has 0 spiro atoms. The van der Waals surface area contributed by atoms with Crippen molar-refractivity contribution in [2.24, 2.45) is 0 Å². The van der Waals surface area contributed by atoms with Crippen molar-refractivity contribution in [2.45, 2.75) is 93.5 Å². The molecule has 1 heterocycles. The molecular formula is C48H54O7SSi. The van der Waals surface area contributed by atoms with Gasteiger partial charge in [-0.2, -0.15) is 0 Å². The van der Waals surface area contributed by atoms with Crippen LogP contribution >= 0.6 is 11.8 Å². The van der Waals surface area contributed by atoms with Crippen LogP contribution in [0.2, 0.25) is 18.1 Å². The summed E-state index contributed by atoms with van der Waals surface area (Å²) in [5, 5.41) is -0.147. The van der Waals surface area contributed by atoms with Crippen molar-refractivity contribution in [3.63, 3.8) is 0 Å². The van der Waals surface area contributed by atoms with Gasteiger partial charge in [0.25, 0.3) is 0 Å². The van der Waals surface area contributed by atoms with E-state index in [4.69, 9.17) is 23.4 Å². The topological polar surface area (TPSA) is 80.3 Å². The van der Waals surface area contributed by atoms with Crippen LogP contribution < -0.4 is 0 Å². The number of rotatable bonds is 14. The molecule has 0 saturated carbocycles. The van der Waals surface area contributed by atoms with E-state index >= 15 is 0 Å². The maximum Gasteiger partial charge on any atom is 0.338 e. The highest BCUT2D eigenvalue weighted by molar-refractivity contribution is 8.00. The summed E-state index contributed by atoms with van der Waals surface area (Å²) in [6.07, 6.45) is -3.72. The lowest BCUT2D eigenvalue weighted by Crippen LogP contribution is -2.64. The Kier molecular flexibility index (Phi) is 13.6. The zero-order valence-corrected chi connectivity index (χ0v) is 35.7. The monoisotopic (exact) mass is 802 g/mol. The van der Waals surface area contributed by atoms with Gasteiger partial charge in [0.05, 0.1) is 17.7 Å². The molecule has 1 saturated heterocycles. The standard InChI is InChI=1S/C48H54O7SSi/c1-34(2)56-46-43(54-45(50)36-25-15-9-16-26-36)42(55-57(6,7)47(3,4)5)41(53-44(49)35-23-13-8-14-24-35)40(52-46)33-51-48(37-27-17-10-18-28-37,38-29-19-11-20-30-38)39-31-21-12-22-32-39/h8-32,34,40-43,46H,33H2,1-7H3/t40-,41+,42+,43-,46+/m1/s1. The Bertz CT molecular complexity index is 1930. The Hall–Kier alpha value is -4.51. The van der Waals surface area contributed by atoms with E-state index in [1.54, 1.807) is 60.3 Å². The van der Waals surface area contributed by atoms with Crippen molar-refractivity contribution >= 4 is 32.0 Å². The van der Waals surface area contributed by atoms with Crippen LogP contribution in [0.4, 0.5) is 0 Å². The second kappa shape index (κ2) is 18.4. The number of carbonyl (C=O) groups is 2. The van der Waals surface area contributed by atoms with E-state index in [2.05, 4.69) is 84.1 Å². The molecule has 7 nitrogen and oxygen atoms in total. The van der Waals surface area contributed by atoms with Crippen LogP contribution in [0, 0.1) is 0 Å². The SMILES string of the molecule is CC(C)S[C@@H]1O[C@H](COC(c2ccccc2)(c2ccccc2)c2ccccc2)[C@H](OC(=O)c2ccccc2)[C@H](O[Si](C)(C)C(C)(C)C)[C@H]1OC(=O)c1ccccc1. The lowest BCUT2D eigenvalue weighted by Gasteiger charge is -2.50. The third-order valence-electron chi connectivity index (χ3n) is 10.7. The summed E-state index contributed by atoms with van der Waals surface area (Å²) in [4.78, 5) is 28.1. The van der Waals surface area contributed by atoms with E-state index in [9.17, 15) is 9.59 Å². The number of esters is 2. The van der Waals surface area contributed by atoms with Crippen molar-refractivity contribution in [1.82, 2.24) is 0 Å². The molecule has 0 aromatic heterocycles. The fourth-order valence-corrected chi connectivity index (χ4v) is 9.23. The van der Waals surface area contributed by atoms with Gasteiger partial charge in [0.2, 0.25) is 0 Å². The third kappa shape index (κ3) is 9.79. The quantitative estimate of drug-likeness (QED) is 0.0624. The molecule has 5 atom stereocenters. The average Bonchev–Trinajstić information content (AvgIpc) is 3.21. The first kappa shape index (κ1) is 42.1. The molecule has 0 N–H and O–H groups in total. The van der Waals surface area contributed by atoms with Gasteiger partial charge in [0.1, 0.15) is 23.2 Å². The van der Waals surface area contributed by atoms with Gasteiger partial charge in [0.15, 0.2) is 20.5 Å². The molecule has 0 radical (unpaired) electrons. The smallest absolute Gasteiger partial charge is 0.338 e. The predicted octanol–water partition coefficient (Wildman–Crippen LogP) is 10.7. The summed E-state index contributed by atoms with van der Waals surface area (Å²) in [5.74, 6) is -1.05. The lowest BCUT2D eigenvalue weighted by atomic mass is 9.80. The molecule has 1 aliphatic rings. The molecule has 9 heteroatoms. The van der Waals surface area contributed by atoms with Crippen LogP contribution in [-0.2, 0) is 29.0 Å². The number of thioether (sulfide) groups is 1. The minimum absolute atomic E-state index is 0.00269. The highest BCUT2D eigenvalue weighted by Crippen LogP contribution is 2.45. The summed E-state index contributed by atoms with van der Waals surface area (Å²) in [6.45, 7) is 14.9. The Morgan fingerprint density at radius 3 is 1.39 bits per heavy atom. The second-order valence-corrected chi connectivity index (χ2v) is 22.6. The van der Waals surface area contributed by atoms with E-state index in [1.807, 2.05) is 66.7 Å². The van der Waals surface area contributed by atoms with Crippen LogP contribution in [0.3, 0.4) is 0 Å². The predicted molar refractivity (Wildman–Crippen MR) is 230 cm³/mol. The van der Waals surface area contributed by atoms with E-state index in [-0.39, 0.29) is 16.9 Å². The molecule has 57 heavy (non-hydrogen) atoms. The number of hydrogen-bond donors (Lipinski definition) is 0. The normalized spacial score (nSPS) is 20.2. The van der Waals surface area contributed by atoms with Crippen LogP contribution in [0.25, 0.3) is 0 Å². The molecule has 0 unspecified atom stereocenters. The first-order valence-electron chi connectivity index (χ1n) is 19.6. The minimum atomic E-state index is -2.64. The van der Waals surface area contributed by atoms with Crippen molar-refractivity contribution < 1.29 is 33.0 Å². The number of benzene rings is 5. The van der Waals surface area contributed by atoms with Crippen LogP contribution in [0.5, 0.6) is 0 Å². The van der Waals surface area contributed by atoms with Gasteiger partial charge in [0, 0.05) is 5.25 Å². The van der Waals surface area contributed by atoms with Gasteiger partial charge in [-0.15, -0.1) is 11.8 Å². The molecule has 5 aromatic carbocycles. The van der Waals surface area contributed by atoms with Gasteiger partial charge in [-0.05, 0) is 59.1 Å². The van der Waals surface area contributed by atoms with Gasteiger partial charge < -0.3 is 23.4 Å². The zero-order valence-electron chi connectivity index (χ0n) is 33.9. The van der Waals surface area contributed by atoms with E-state index in [0.717, 1.165) is 16.7 Å². The molecule has 5 aromatic rings. The Labute approximate surface area is 343 Å². The van der Waals surface area contributed by atoms with Crippen LogP contribution in [0.1, 0.15) is 72.0 Å². The molecule has 1 fully saturated rings.